The minimum Gasteiger partial charge on any atom is -0.458 e. The molecule has 17 heavy (non-hydrogen) atoms. The molecule has 6 heteroatoms. The van der Waals surface area contributed by atoms with Crippen molar-refractivity contribution in [2.45, 2.75) is 0 Å². The Balaban J connectivity index is 2.31. The molecule has 4 N–H and O–H groups in total. The molecule has 0 bridgehead atoms. The van der Waals surface area contributed by atoms with Crippen LogP contribution in [0.15, 0.2) is 30.5 Å². The SMILES string of the molecule is Bc1cnc(N)cc1Oc1ccc(N)c(Cl)c1. The predicted molar refractivity (Wildman–Crippen MR) is 72.8 cm³/mol. The summed E-state index contributed by atoms with van der Waals surface area (Å²) in [5.41, 5.74) is 12.6. The first-order chi connectivity index (χ1) is 8.06. The number of halogens is 1. The van der Waals surface area contributed by atoms with Crippen LogP contribution in [0.3, 0.4) is 0 Å². The Labute approximate surface area is 105 Å². The second kappa shape index (κ2) is 4.55. The van der Waals surface area contributed by atoms with E-state index in [1.54, 1.807) is 30.5 Å². The maximum atomic E-state index is 5.91. The number of rotatable bonds is 2. The number of nitrogens with two attached hydrogens (primary N) is 2. The first-order valence-corrected chi connectivity index (χ1v) is 5.39. The van der Waals surface area contributed by atoms with E-state index in [9.17, 15) is 0 Å². The van der Waals surface area contributed by atoms with Crippen LogP contribution in [-0.4, -0.2) is 12.8 Å². The Hall–Kier alpha value is -1.88. The van der Waals surface area contributed by atoms with Crippen molar-refractivity contribution in [2.75, 3.05) is 11.5 Å². The molecule has 0 saturated heterocycles. The molecule has 0 aliphatic rings. The summed E-state index contributed by atoms with van der Waals surface area (Å²) in [6.45, 7) is 0. The van der Waals surface area contributed by atoms with Crippen molar-refractivity contribution >= 4 is 36.4 Å². The van der Waals surface area contributed by atoms with E-state index in [0.29, 0.717) is 28.0 Å². The van der Waals surface area contributed by atoms with E-state index in [1.165, 1.54) is 0 Å². The monoisotopic (exact) mass is 247 g/mol. The Morgan fingerprint density at radius 2 is 2.00 bits per heavy atom. The van der Waals surface area contributed by atoms with E-state index in [4.69, 9.17) is 27.8 Å². The van der Waals surface area contributed by atoms with Crippen molar-refractivity contribution in [1.82, 2.24) is 4.98 Å². The average Bonchev–Trinajstić information content (AvgIpc) is 2.29. The molecule has 2 rings (SSSR count). The van der Waals surface area contributed by atoms with E-state index in [0.717, 1.165) is 5.46 Å². The van der Waals surface area contributed by atoms with Crippen LogP contribution >= 0.6 is 11.6 Å². The zero-order valence-electron chi connectivity index (χ0n) is 9.27. The number of benzene rings is 1. The predicted octanol–water partition coefficient (Wildman–Crippen LogP) is 0.950. The summed E-state index contributed by atoms with van der Waals surface area (Å²) in [6.07, 6.45) is 1.66. The second-order valence-electron chi connectivity index (χ2n) is 3.66. The van der Waals surface area contributed by atoms with Gasteiger partial charge in [0.2, 0.25) is 0 Å². The van der Waals surface area contributed by atoms with Gasteiger partial charge in [-0.25, -0.2) is 4.98 Å². The summed E-state index contributed by atoms with van der Waals surface area (Å²) in [4.78, 5) is 3.96. The van der Waals surface area contributed by atoms with Crippen LogP contribution in [0.1, 0.15) is 0 Å². The van der Waals surface area contributed by atoms with E-state index in [1.807, 2.05) is 7.85 Å². The van der Waals surface area contributed by atoms with Gasteiger partial charge in [-0.15, -0.1) is 0 Å². The van der Waals surface area contributed by atoms with Crippen molar-refractivity contribution in [3.8, 4) is 11.5 Å². The lowest BCUT2D eigenvalue weighted by molar-refractivity contribution is 0.486. The van der Waals surface area contributed by atoms with E-state index >= 15 is 0 Å². The number of anilines is 2. The van der Waals surface area contributed by atoms with Gasteiger partial charge in [0.05, 0.1) is 10.7 Å². The number of hydrogen-bond acceptors (Lipinski definition) is 4. The first-order valence-electron chi connectivity index (χ1n) is 5.01. The zero-order chi connectivity index (χ0) is 12.4. The molecule has 2 aromatic rings. The van der Waals surface area contributed by atoms with E-state index in [2.05, 4.69) is 4.98 Å². The summed E-state index contributed by atoms with van der Waals surface area (Å²) in [5.74, 6) is 1.67. The van der Waals surface area contributed by atoms with Crippen LogP contribution in [0.2, 0.25) is 5.02 Å². The van der Waals surface area contributed by atoms with Gasteiger partial charge in [-0.05, 0) is 17.6 Å². The molecule has 1 heterocycles. The van der Waals surface area contributed by atoms with Gasteiger partial charge in [0.25, 0.3) is 0 Å². The quantitative estimate of drug-likeness (QED) is 0.612. The number of ether oxygens (including phenoxy) is 1. The van der Waals surface area contributed by atoms with Gasteiger partial charge in [-0.3, -0.25) is 0 Å². The molecule has 86 valence electrons. The highest BCUT2D eigenvalue weighted by atomic mass is 35.5. The summed E-state index contributed by atoms with van der Waals surface area (Å²) in [5, 5.41) is 0.460. The van der Waals surface area contributed by atoms with Crippen LogP contribution in [0.5, 0.6) is 11.5 Å². The summed E-state index contributed by atoms with van der Waals surface area (Å²) in [6, 6.07) is 6.77. The summed E-state index contributed by atoms with van der Waals surface area (Å²) < 4.78 is 5.67. The number of nitrogen functional groups attached to an aromatic ring is 2. The molecule has 0 radical (unpaired) electrons. The molecular formula is C11H11BClN3O. The lowest BCUT2D eigenvalue weighted by Crippen LogP contribution is -2.09. The highest BCUT2D eigenvalue weighted by Crippen LogP contribution is 2.27. The fourth-order valence-electron chi connectivity index (χ4n) is 1.33. The molecule has 1 aromatic carbocycles. The Bertz CT molecular complexity index is 562. The largest absolute Gasteiger partial charge is 0.458 e. The first kappa shape index (κ1) is 11.6. The fourth-order valence-corrected chi connectivity index (χ4v) is 1.50. The van der Waals surface area contributed by atoms with Crippen molar-refractivity contribution in [2.24, 2.45) is 0 Å². The van der Waals surface area contributed by atoms with Crippen molar-refractivity contribution < 1.29 is 4.74 Å². The van der Waals surface area contributed by atoms with E-state index < -0.39 is 0 Å². The topological polar surface area (TPSA) is 74.2 Å². The average molecular weight is 247 g/mol. The minimum absolute atomic E-state index is 0.409. The third-order valence-corrected chi connectivity index (χ3v) is 2.60. The number of aromatic nitrogens is 1. The van der Waals surface area contributed by atoms with Crippen molar-refractivity contribution in [3.63, 3.8) is 0 Å². The molecule has 0 amide bonds. The van der Waals surface area contributed by atoms with Crippen LogP contribution in [-0.2, 0) is 0 Å². The molecule has 0 aliphatic heterocycles. The smallest absolute Gasteiger partial charge is 0.146 e. The molecule has 0 spiro atoms. The summed E-state index contributed by atoms with van der Waals surface area (Å²) in [7, 11) is 1.89. The molecule has 0 aliphatic carbocycles. The normalized spacial score (nSPS) is 10.2. The Kier molecular flexibility index (Phi) is 3.11. The second-order valence-corrected chi connectivity index (χ2v) is 4.07. The molecule has 0 atom stereocenters. The molecule has 0 unspecified atom stereocenters. The van der Waals surface area contributed by atoms with Crippen LogP contribution in [0.4, 0.5) is 11.5 Å². The Morgan fingerprint density at radius 1 is 1.24 bits per heavy atom. The van der Waals surface area contributed by atoms with Gasteiger partial charge in [0.1, 0.15) is 25.2 Å². The van der Waals surface area contributed by atoms with Gasteiger partial charge in [0.15, 0.2) is 0 Å². The third kappa shape index (κ3) is 2.63. The van der Waals surface area contributed by atoms with Gasteiger partial charge < -0.3 is 16.2 Å². The minimum atomic E-state index is 0.409. The highest BCUT2D eigenvalue weighted by Gasteiger charge is 2.04. The van der Waals surface area contributed by atoms with Gasteiger partial charge >= 0.3 is 0 Å². The standard InChI is InChI=1S/C11H11BClN3O/c12-7-5-16-11(15)4-10(7)17-6-1-2-9(14)8(13)3-6/h1-5H,12,14H2,(H2,15,16). The molecule has 0 fully saturated rings. The van der Waals surface area contributed by atoms with Crippen LogP contribution in [0.25, 0.3) is 0 Å². The molecule has 1 aromatic heterocycles. The fraction of sp³-hybridized carbons (Fsp3) is 0. The van der Waals surface area contributed by atoms with Crippen molar-refractivity contribution in [3.05, 3.63) is 35.5 Å². The van der Waals surface area contributed by atoms with Gasteiger partial charge in [0, 0.05) is 18.3 Å². The maximum absolute atomic E-state index is 5.91. The highest BCUT2D eigenvalue weighted by molar-refractivity contribution is 6.34. The van der Waals surface area contributed by atoms with Gasteiger partial charge in [-0.1, -0.05) is 11.6 Å². The lowest BCUT2D eigenvalue weighted by atomic mass is 9.97. The van der Waals surface area contributed by atoms with Crippen LogP contribution < -0.4 is 21.7 Å². The maximum Gasteiger partial charge on any atom is 0.146 e. The third-order valence-electron chi connectivity index (χ3n) is 2.27. The molecule has 0 saturated carbocycles. The number of nitrogens with zero attached hydrogens (tertiary/aromatic N) is 1. The van der Waals surface area contributed by atoms with E-state index in [-0.39, 0.29) is 0 Å². The Morgan fingerprint density at radius 3 is 2.71 bits per heavy atom. The van der Waals surface area contributed by atoms with Crippen molar-refractivity contribution in [1.29, 1.82) is 0 Å². The molecule has 4 nitrogen and oxygen atoms in total. The zero-order valence-corrected chi connectivity index (χ0v) is 10.0. The summed E-state index contributed by atoms with van der Waals surface area (Å²) >= 11 is 5.91. The lowest BCUT2D eigenvalue weighted by Gasteiger charge is -2.10. The van der Waals surface area contributed by atoms with Crippen LogP contribution in [0, 0.1) is 0 Å². The van der Waals surface area contributed by atoms with Gasteiger partial charge in [-0.2, -0.15) is 0 Å². The molecular weight excluding hydrogens is 236 g/mol. The number of hydrogen-bond donors (Lipinski definition) is 2. The number of pyridine rings is 1.